The average molecular weight is 420 g/mol. The number of benzene rings is 1. The molecular weight excluding hydrogens is 405 g/mol. The van der Waals surface area contributed by atoms with Crippen molar-refractivity contribution in [2.75, 3.05) is 31.5 Å². The molecule has 0 aliphatic carbocycles. The van der Waals surface area contributed by atoms with Crippen LogP contribution < -0.4 is 15.5 Å². The zero-order valence-electron chi connectivity index (χ0n) is 13.7. The standard InChI is InChI=1S/C13H15ClFN7O4S/c14-9-7-8(1-2-10(9)15)18-13(19-23)11-12(21-26-20-11)16-3-5-22-6-4-17-27(22,24)25/h1-2,7,17,23H,3-6H2,(H,16,21)(H,18,19). The van der Waals surface area contributed by atoms with Gasteiger partial charge in [0, 0.05) is 26.2 Å². The Balaban J connectivity index is 1.72. The maximum atomic E-state index is 13.2. The van der Waals surface area contributed by atoms with E-state index in [4.69, 9.17) is 11.6 Å². The number of halogens is 2. The summed E-state index contributed by atoms with van der Waals surface area (Å²) < 4.78 is 44.9. The highest BCUT2D eigenvalue weighted by atomic mass is 35.5. The number of aromatic nitrogens is 2. The van der Waals surface area contributed by atoms with Gasteiger partial charge < -0.3 is 5.32 Å². The molecule has 146 valence electrons. The zero-order chi connectivity index (χ0) is 19.4. The molecule has 14 heteroatoms. The number of nitrogens with one attached hydrogen (secondary N) is 3. The number of hydrogen-bond acceptors (Lipinski definition) is 8. The summed E-state index contributed by atoms with van der Waals surface area (Å²) in [5, 5.41) is 19.4. The van der Waals surface area contributed by atoms with E-state index in [-0.39, 0.29) is 41.1 Å². The fourth-order valence-electron chi connectivity index (χ4n) is 2.32. The van der Waals surface area contributed by atoms with E-state index in [0.717, 1.165) is 6.07 Å². The molecule has 0 atom stereocenters. The Morgan fingerprint density at radius 1 is 1.48 bits per heavy atom. The van der Waals surface area contributed by atoms with Crippen molar-refractivity contribution in [1.29, 1.82) is 0 Å². The lowest BCUT2D eigenvalue weighted by atomic mass is 10.3. The molecule has 2 aromatic rings. The first-order chi connectivity index (χ1) is 12.9. The van der Waals surface area contributed by atoms with Gasteiger partial charge >= 0.3 is 0 Å². The average Bonchev–Trinajstić information content (AvgIpc) is 3.22. The Labute approximate surface area is 158 Å². The largest absolute Gasteiger partial charge is 0.364 e. The molecule has 0 amide bonds. The monoisotopic (exact) mass is 419 g/mol. The van der Waals surface area contributed by atoms with Crippen LogP contribution in [0.15, 0.2) is 27.8 Å². The molecule has 1 fully saturated rings. The number of aliphatic imine (C=N–C) groups is 1. The molecule has 1 aromatic heterocycles. The Morgan fingerprint density at radius 3 is 2.96 bits per heavy atom. The molecule has 0 saturated carbocycles. The van der Waals surface area contributed by atoms with Crippen LogP contribution in [0.25, 0.3) is 0 Å². The fraction of sp³-hybridized carbons (Fsp3) is 0.308. The van der Waals surface area contributed by atoms with Gasteiger partial charge in [0.15, 0.2) is 11.5 Å². The predicted molar refractivity (Wildman–Crippen MR) is 93.8 cm³/mol. The summed E-state index contributed by atoms with van der Waals surface area (Å²) >= 11 is 5.71. The van der Waals surface area contributed by atoms with Gasteiger partial charge in [-0.15, -0.1) is 0 Å². The van der Waals surface area contributed by atoms with Crippen LogP contribution in [0.5, 0.6) is 0 Å². The molecule has 0 bridgehead atoms. The van der Waals surface area contributed by atoms with E-state index in [0.29, 0.717) is 13.1 Å². The van der Waals surface area contributed by atoms with Crippen molar-refractivity contribution in [2.45, 2.75) is 0 Å². The number of rotatable bonds is 6. The topological polar surface area (TPSA) is 145 Å². The van der Waals surface area contributed by atoms with Crippen molar-refractivity contribution < 1.29 is 22.6 Å². The maximum absolute atomic E-state index is 13.2. The Bertz CT molecular complexity index is 952. The molecular formula is C13H15ClFN7O4S. The SMILES string of the molecule is O=S1(=O)NCCN1CCNc1nonc1C(=Nc1ccc(F)c(Cl)c1)NO. The highest BCUT2D eigenvalue weighted by molar-refractivity contribution is 7.87. The molecule has 1 aliphatic heterocycles. The molecule has 27 heavy (non-hydrogen) atoms. The Morgan fingerprint density at radius 2 is 2.30 bits per heavy atom. The minimum absolute atomic E-state index is 0.0420. The van der Waals surface area contributed by atoms with E-state index in [1.807, 2.05) is 5.48 Å². The van der Waals surface area contributed by atoms with Crippen LogP contribution in [-0.2, 0) is 10.2 Å². The predicted octanol–water partition coefficient (Wildman–Crippen LogP) is 0.481. The number of amidine groups is 1. The van der Waals surface area contributed by atoms with Crippen LogP contribution in [0.3, 0.4) is 0 Å². The number of nitrogens with zero attached hydrogens (tertiary/aromatic N) is 4. The van der Waals surface area contributed by atoms with Crippen molar-refractivity contribution in [3.05, 3.63) is 34.7 Å². The smallest absolute Gasteiger partial charge is 0.279 e. The molecule has 0 radical (unpaired) electrons. The molecule has 1 saturated heterocycles. The van der Waals surface area contributed by atoms with Gasteiger partial charge in [-0.1, -0.05) is 11.6 Å². The lowest BCUT2D eigenvalue weighted by molar-refractivity contribution is 0.234. The van der Waals surface area contributed by atoms with Gasteiger partial charge in [-0.25, -0.2) is 18.7 Å². The van der Waals surface area contributed by atoms with Crippen LogP contribution in [0.2, 0.25) is 5.02 Å². The summed E-state index contributed by atoms with van der Waals surface area (Å²) in [7, 11) is -3.44. The van der Waals surface area contributed by atoms with E-state index in [1.165, 1.54) is 16.4 Å². The lowest BCUT2D eigenvalue weighted by Gasteiger charge is -2.13. The zero-order valence-corrected chi connectivity index (χ0v) is 15.3. The third-order valence-electron chi connectivity index (χ3n) is 3.60. The normalized spacial score (nSPS) is 17.2. The third kappa shape index (κ3) is 4.51. The van der Waals surface area contributed by atoms with E-state index < -0.39 is 16.0 Å². The van der Waals surface area contributed by atoms with E-state index >= 15 is 0 Å². The molecule has 3 rings (SSSR count). The highest BCUT2D eigenvalue weighted by Crippen LogP contribution is 2.22. The van der Waals surface area contributed by atoms with E-state index in [1.54, 1.807) is 0 Å². The first kappa shape index (κ1) is 19.4. The first-order valence-corrected chi connectivity index (χ1v) is 9.48. The minimum Gasteiger partial charge on any atom is -0.364 e. The molecule has 1 aromatic carbocycles. The lowest BCUT2D eigenvalue weighted by Crippen LogP contribution is -2.33. The summed E-state index contributed by atoms with van der Waals surface area (Å²) in [6.07, 6.45) is 0. The van der Waals surface area contributed by atoms with Gasteiger partial charge in [-0.3, -0.25) is 10.7 Å². The van der Waals surface area contributed by atoms with Gasteiger partial charge in [0.2, 0.25) is 5.82 Å². The maximum Gasteiger partial charge on any atom is 0.279 e. The van der Waals surface area contributed by atoms with E-state index in [2.05, 4.69) is 30.0 Å². The van der Waals surface area contributed by atoms with Gasteiger partial charge in [-0.05, 0) is 28.5 Å². The summed E-state index contributed by atoms with van der Waals surface area (Å²) in [6.45, 7) is 1.12. The molecule has 0 spiro atoms. The second-order valence-electron chi connectivity index (χ2n) is 5.36. The number of anilines is 1. The van der Waals surface area contributed by atoms with Gasteiger partial charge in [0.25, 0.3) is 10.2 Å². The molecule has 0 unspecified atom stereocenters. The number of hydrogen-bond donors (Lipinski definition) is 4. The van der Waals surface area contributed by atoms with Crippen molar-refractivity contribution >= 4 is 39.2 Å². The van der Waals surface area contributed by atoms with Crippen molar-refractivity contribution in [2.24, 2.45) is 4.99 Å². The van der Waals surface area contributed by atoms with Crippen molar-refractivity contribution in [3.8, 4) is 0 Å². The van der Waals surface area contributed by atoms with Crippen LogP contribution in [0.4, 0.5) is 15.9 Å². The third-order valence-corrected chi connectivity index (χ3v) is 5.51. The Kier molecular flexibility index (Phi) is 5.86. The summed E-state index contributed by atoms with van der Waals surface area (Å²) in [5.74, 6) is -0.601. The molecule has 4 N–H and O–H groups in total. The quantitative estimate of drug-likeness (QED) is 0.300. The summed E-state index contributed by atoms with van der Waals surface area (Å²) in [4.78, 5) is 4.08. The first-order valence-electron chi connectivity index (χ1n) is 7.66. The second kappa shape index (κ2) is 8.14. The van der Waals surface area contributed by atoms with Crippen LogP contribution in [0.1, 0.15) is 5.69 Å². The van der Waals surface area contributed by atoms with Crippen LogP contribution in [-0.4, -0.2) is 60.3 Å². The number of hydroxylamine groups is 1. The Hall–Kier alpha value is -2.32. The van der Waals surface area contributed by atoms with Gasteiger partial charge in [-0.2, -0.15) is 12.7 Å². The van der Waals surface area contributed by atoms with Crippen LogP contribution >= 0.6 is 11.6 Å². The molecule has 2 heterocycles. The van der Waals surface area contributed by atoms with Gasteiger partial charge in [0.1, 0.15) is 5.82 Å². The minimum atomic E-state index is -3.44. The fourth-order valence-corrected chi connectivity index (χ4v) is 3.69. The summed E-state index contributed by atoms with van der Waals surface area (Å²) in [6, 6.07) is 3.74. The van der Waals surface area contributed by atoms with Gasteiger partial charge in [0.05, 0.1) is 10.7 Å². The second-order valence-corrected chi connectivity index (χ2v) is 7.52. The van der Waals surface area contributed by atoms with Crippen LogP contribution in [0, 0.1) is 5.82 Å². The van der Waals surface area contributed by atoms with Crippen molar-refractivity contribution in [3.63, 3.8) is 0 Å². The van der Waals surface area contributed by atoms with Crippen molar-refractivity contribution in [1.82, 2.24) is 24.8 Å². The molecule has 11 nitrogen and oxygen atoms in total. The molecule has 1 aliphatic rings. The van der Waals surface area contributed by atoms with E-state index in [9.17, 15) is 18.0 Å². The summed E-state index contributed by atoms with van der Waals surface area (Å²) in [5.41, 5.74) is 2.16. The highest BCUT2D eigenvalue weighted by Gasteiger charge is 2.27.